The molecule has 5 heteroatoms. The number of hydrogen-bond donors (Lipinski definition) is 2. The van der Waals surface area contributed by atoms with Gasteiger partial charge in [0.05, 0.1) is 0 Å². The second-order valence-electron chi connectivity index (χ2n) is 4.28. The first-order valence-corrected chi connectivity index (χ1v) is 6.42. The van der Waals surface area contributed by atoms with E-state index in [1.54, 1.807) is 0 Å². The Balaban J connectivity index is 1.88. The number of H-pyrrole nitrogens is 1. The van der Waals surface area contributed by atoms with Crippen LogP contribution in [0.15, 0.2) is 0 Å². The monoisotopic (exact) mass is 224 g/mol. The Morgan fingerprint density at radius 2 is 2.53 bits per heavy atom. The van der Waals surface area contributed by atoms with Crippen LogP contribution < -0.4 is 0 Å². The predicted molar refractivity (Wildman–Crippen MR) is 57.4 cm³/mol. The molecule has 1 saturated carbocycles. The molecule has 2 aliphatic rings. The van der Waals surface area contributed by atoms with Gasteiger partial charge in [-0.2, -0.15) is 16.9 Å². The highest BCUT2D eigenvalue weighted by atomic mass is 32.2. The number of rotatable bonds is 3. The molecule has 3 atom stereocenters. The van der Waals surface area contributed by atoms with Gasteiger partial charge in [-0.05, 0) is 30.3 Å². The summed E-state index contributed by atoms with van der Waals surface area (Å²) in [4.78, 5) is 10.9. The van der Waals surface area contributed by atoms with E-state index in [2.05, 4.69) is 16.5 Å². The molecule has 0 aromatic carbocycles. The van der Waals surface area contributed by atoms with Crippen LogP contribution in [0.5, 0.6) is 0 Å². The molecular weight excluding hydrogens is 212 g/mol. The lowest BCUT2D eigenvalue weighted by atomic mass is 10.1. The van der Waals surface area contributed by atoms with E-state index >= 15 is 0 Å². The highest BCUT2D eigenvalue weighted by molar-refractivity contribution is 7.98. The number of aromatic nitrogens is 2. The minimum atomic E-state index is -0.907. The average Bonchev–Trinajstić information content (AvgIpc) is 2.60. The van der Waals surface area contributed by atoms with Crippen LogP contribution in [0.4, 0.5) is 0 Å². The van der Waals surface area contributed by atoms with E-state index in [1.165, 1.54) is 5.75 Å². The van der Waals surface area contributed by atoms with Crippen molar-refractivity contribution in [1.29, 1.82) is 0 Å². The minimum Gasteiger partial charge on any atom is -0.476 e. The molecule has 0 bridgehead atoms. The van der Waals surface area contributed by atoms with Crippen LogP contribution in [-0.2, 0) is 6.42 Å². The van der Waals surface area contributed by atoms with E-state index in [0.717, 1.165) is 23.6 Å². The van der Waals surface area contributed by atoms with Crippen LogP contribution in [0.25, 0.3) is 0 Å². The Morgan fingerprint density at radius 3 is 3.20 bits per heavy atom. The SMILES string of the molecule is CSCC1C2Cc3c(C(=O)O)n[nH]c3[C@@H]12. The zero-order valence-electron chi connectivity index (χ0n) is 8.36. The topological polar surface area (TPSA) is 66.0 Å². The molecule has 2 aliphatic carbocycles. The first kappa shape index (κ1) is 9.27. The fraction of sp³-hybridized carbons (Fsp3) is 0.600. The van der Waals surface area contributed by atoms with Gasteiger partial charge in [-0.25, -0.2) is 4.79 Å². The third-order valence-corrected chi connectivity index (χ3v) is 4.28. The van der Waals surface area contributed by atoms with Gasteiger partial charge in [0.25, 0.3) is 0 Å². The third kappa shape index (κ3) is 1.16. The van der Waals surface area contributed by atoms with Gasteiger partial charge in [-0.15, -0.1) is 0 Å². The second kappa shape index (κ2) is 3.01. The van der Waals surface area contributed by atoms with E-state index in [0.29, 0.717) is 11.8 Å². The molecule has 80 valence electrons. The van der Waals surface area contributed by atoms with Gasteiger partial charge in [0.2, 0.25) is 0 Å². The molecule has 1 heterocycles. The van der Waals surface area contributed by atoms with Crippen molar-refractivity contribution in [2.45, 2.75) is 12.3 Å². The third-order valence-electron chi connectivity index (χ3n) is 3.57. The van der Waals surface area contributed by atoms with Crippen molar-refractivity contribution < 1.29 is 9.90 Å². The first-order chi connectivity index (χ1) is 7.24. The molecule has 15 heavy (non-hydrogen) atoms. The Bertz CT molecular complexity index is 429. The zero-order valence-corrected chi connectivity index (χ0v) is 9.17. The standard InChI is InChI=1S/C10H12N2O2S/c1-15-3-6-4-2-5-8(7(4)6)11-12-9(5)10(13)14/h4,6-7H,2-3H2,1H3,(H,11,12)(H,13,14)/t4?,6?,7-/m1/s1. The van der Waals surface area contributed by atoms with Gasteiger partial charge in [-0.3, -0.25) is 5.10 Å². The molecule has 1 fully saturated rings. The molecule has 0 aliphatic heterocycles. The van der Waals surface area contributed by atoms with Crippen LogP contribution >= 0.6 is 11.8 Å². The van der Waals surface area contributed by atoms with Crippen molar-refractivity contribution >= 4 is 17.7 Å². The molecule has 2 unspecified atom stereocenters. The smallest absolute Gasteiger partial charge is 0.356 e. The first-order valence-electron chi connectivity index (χ1n) is 5.03. The summed E-state index contributed by atoms with van der Waals surface area (Å²) in [6.45, 7) is 0. The summed E-state index contributed by atoms with van der Waals surface area (Å²) in [5, 5.41) is 15.7. The van der Waals surface area contributed by atoms with Gasteiger partial charge >= 0.3 is 5.97 Å². The summed E-state index contributed by atoms with van der Waals surface area (Å²) >= 11 is 1.87. The summed E-state index contributed by atoms with van der Waals surface area (Å²) in [7, 11) is 0. The van der Waals surface area contributed by atoms with Gasteiger partial charge in [0.1, 0.15) is 0 Å². The molecule has 2 N–H and O–H groups in total. The van der Waals surface area contributed by atoms with Crippen LogP contribution in [0.1, 0.15) is 27.7 Å². The summed E-state index contributed by atoms with van der Waals surface area (Å²) in [5.41, 5.74) is 2.28. The van der Waals surface area contributed by atoms with Crippen LogP contribution in [0, 0.1) is 11.8 Å². The fourth-order valence-corrected chi connectivity index (χ4v) is 3.68. The zero-order chi connectivity index (χ0) is 10.6. The average molecular weight is 224 g/mol. The van der Waals surface area contributed by atoms with Crippen molar-refractivity contribution in [3.63, 3.8) is 0 Å². The Morgan fingerprint density at radius 1 is 1.73 bits per heavy atom. The quantitative estimate of drug-likeness (QED) is 0.813. The number of carbonyl (C=O) groups is 1. The highest BCUT2D eigenvalue weighted by Crippen LogP contribution is 2.61. The maximum absolute atomic E-state index is 10.9. The molecule has 0 radical (unpaired) electrons. The number of fused-ring (bicyclic) bond motifs is 3. The van der Waals surface area contributed by atoms with Crippen molar-refractivity contribution in [3.05, 3.63) is 17.0 Å². The summed E-state index contributed by atoms with van der Waals surface area (Å²) < 4.78 is 0. The van der Waals surface area contributed by atoms with E-state index in [4.69, 9.17) is 5.11 Å². The van der Waals surface area contributed by atoms with E-state index in [1.807, 2.05) is 11.8 Å². The molecule has 0 spiro atoms. The number of thioether (sulfide) groups is 1. The minimum absolute atomic E-state index is 0.236. The number of aromatic amines is 1. The van der Waals surface area contributed by atoms with Crippen LogP contribution in [-0.4, -0.2) is 33.3 Å². The second-order valence-corrected chi connectivity index (χ2v) is 5.19. The van der Waals surface area contributed by atoms with Gasteiger partial charge in [0.15, 0.2) is 5.69 Å². The maximum atomic E-state index is 10.9. The van der Waals surface area contributed by atoms with E-state index in [9.17, 15) is 4.79 Å². The molecular formula is C10H12N2O2S. The number of carboxylic acids is 1. The van der Waals surface area contributed by atoms with Gasteiger partial charge in [-0.1, -0.05) is 0 Å². The van der Waals surface area contributed by atoms with Gasteiger partial charge in [0, 0.05) is 17.2 Å². The van der Waals surface area contributed by atoms with Crippen LogP contribution in [0.2, 0.25) is 0 Å². The summed E-state index contributed by atoms with van der Waals surface area (Å²) in [6.07, 6.45) is 3.02. The maximum Gasteiger partial charge on any atom is 0.356 e. The summed E-state index contributed by atoms with van der Waals surface area (Å²) in [6, 6.07) is 0. The predicted octanol–water partition coefficient (Wildman–Crippen LogP) is 1.36. The van der Waals surface area contributed by atoms with Crippen LogP contribution in [0.3, 0.4) is 0 Å². The molecule has 4 nitrogen and oxygen atoms in total. The molecule has 3 rings (SSSR count). The van der Waals surface area contributed by atoms with E-state index in [-0.39, 0.29) is 5.69 Å². The number of carboxylic acid groups (broad SMARTS) is 1. The Kier molecular flexibility index (Phi) is 1.86. The van der Waals surface area contributed by atoms with Crippen molar-refractivity contribution in [2.24, 2.45) is 11.8 Å². The lowest BCUT2D eigenvalue weighted by Crippen LogP contribution is -2.03. The van der Waals surface area contributed by atoms with Crippen molar-refractivity contribution in [1.82, 2.24) is 10.2 Å². The Labute approximate surface area is 91.5 Å². The lowest BCUT2D eigenvalue weighted by Gasteiger charge is -2.01. The number of hydrogen-bond acceptors (Lipinski definition) is 3. The molecule has 1 aromatic heterocycles. The van der Waals surface area contributed by atoms with Crippen molar-refractivity contribution in [2.75, 3.05) is 12.0 Å². The van der Waals surface area contributed by atoms with E-state index < -0.39 is 5.97 Å². The van der Waals surface area contributed by atoms with Gasteiger partial charge < -0.3 is 5.11 Å². The Hall–Kier alpha value is -0.970. The summed E-state index contributed by atoms with van der Waals surface area (Å²) in [5.74, 6) is 2.26. The highest BCUT2D eigenvalue weighted by Gasteiger charge is 2.57. The number of nitrogens with zero attached hydrogens (tertiary/aromatic N) is 1. The fourth-order valence-electron chi connectivity index (χ4n) is 2.84. The van der Waals surface area contributed by atoms with Crippen molar-refractivity contribution in [3.8, 4) is 0 Å². The largest absolute Gasteiger partial charge is 0.476 e. The molecule has 1 aromatic rings. The normalized spacial score (nSPS) is 31.1. The number of nitrogens with one attached hydrogen (secondary N) is 1. The molecule has 0 saturated heterocycles. The lowest BCUT2D eigenvalue weighted by molar-refractivity contribution is 0.0689. The molecule has 0 amide bonds. The number of aromatic carboxylic acids is 1.